The molecule has 43 heavy (non-hydrogen) atoms. The molecular weight excluding hydrogens is 536 g/mol. The molecule has 5 aromatic rings. The summed E-state index contributed by atoms with van der Waals surface area (Å²) >= 11 is 0. The zero-order chi connectivity index (χ0) is 29.3. The van der Waals surface area contributed by atoms with Gasteiger partial charge in [0.05, 0.1) is 17.2 Å². The molecular formula is C35H36N6O2. The minimum Gasteiger partial charge on any atom is -0.481 e. The van der Waals surface area contributed by atoms with E-state index in [-0.39, 0.29) is 5.92 Å². The number of carboxylic acid groups (broad SMARTS) is 1. The van der Waals surface area contributed by atoms with Crippen molar-refractivity contribution < 1.29 is 9.90 Å². The van der Waals surface area contributed by atoms with Crippen LogP contribution in [-0.2, 0) is 4.79 Å². The molecule has 0 amide bonds. The second-order valence-corrected chi connectivity index (χ2v) is 12.0. The van der Waals surface area contributed by atoms with Gasteiger partial charge in [0.15, 0.2) is 11.5 Å². The van der Waals surface area contributed by atoms with Gasteiger partial charge in [-0.2, -0.15) is 0 Å². The van der Waals surface area contributed by atoms with Gasteiger partial charge >= 0.3 is 5.97 Å². The van der Waals surface area contributed by atoms with E-state index in [1.54, 1.807) is 6.20 Å². The molecule has 7 rings (SSSR count). The molecule has 1 aliphatic carbocycles. The van der Waals surface area contributed by atoms with E-state index in [1.807, 2.05) is 42.5 Å². The van der Waals surface area contributed by atoms with E-state index in [4.69, 9.17) is 15.7 Å². The maximum absolute atomic E-state index is 11.3. The number of carboxylic acids is 1. The van der Waals surface area contributed by atoms with Crippen LogP contribution >= 0.6 is 0 Å². The van der Waals surface area contributed by atoms with E-state index >= 15 is 0 Å². The van der Waals surface area contributed by atoms with E-state index < -0.39 is 5.97 Å². The van der Waals surface area contributed by atoms with Crippen LogP contribution in [0.15, 0.2) is 85.1 Å². The molecule has 1 aliphatic heterocycles. The van der Waals surface area contributed by atoms with E-state index in [1.165, 1.54) is 5.56 Å². The van der Waals surface area contributed by atoms with Crippen LogP contribution in [0.4, 0.5) is 5.82 Å². The van der Waals surface area contributed by atoms with Gasteiger partial charge in [0, 0.05) is 30.5 Å². The Balaban J connectivity index is 1.16. The number of nitrogens with two attached hydrogens (primary N) is 1. The van der Waals surface area contributed by atoms with Crippen LogP contribution in [0, 0.1) is 11.8 Å². The molecule has 0 spiro atoms. The van der Waals surface area contributed by atoms with Crippen molar-refractivity contribution >= 4 is 23.0 Å². The van der Waals surface area contributed by atoms with Crippen LogP contribution in [0.2, 0.25) is 0 Å². The number of fused-ring (bicyclic) bond motifs is 1. The topological polar surface area (TPSA) is 110 Å². The summed E-state index contributed by atoms with van der Waals surface area (Å²) in [7, 11) is 0. The third-order valence-corrected chi connectivity index (χ3v) is 9.26. The average molecular weight is 573 g/mol. The molecule has 1 saturated carbocycles. The van der Waals surface area contributed by atoms with Crippen LogP contribution in [0.3, 0.4) is 0 Å². The van der Waals surface area contributed by atoms with Gasteiger partial charge in [-0.15, -0.1) is 0 Å². The largest absolute Gasteiger partial charge is 0.481 e. The molecule has 1 saturated heterocycles. The van der Waals surface area contributed by atoms with Crippen molar-refractivity contribution in [1.29, 1.82) is 0 Å². The number of carbonyl (C=O) groups is 1. The second-order valence-electron chi connectivity index (χ2n) is 12.0. The lowest BCUT2D eigenvalue weighted by Gasteiger charge is -2.29. The van der Waals surface area contributed by atoms with Crippen LogP contribution in [0.25, 0.3) is 39.5 Å². The number of hydrogen-bond acceptors (Lipinski definition) is 6. The fraction of sp³-hybridized carbons (Fsp3) is 0.314. The maximum atomic E-state index is 11.3. The van der Waals surface area contributed by atoms with Crippen molar-refractivity contribution in [2.24, 2.45) is 11.8 Å². The number of likely N-dealkylation sites (tertiary alicyclic amines) is 1. The first kappa shape index (κ1) is 27.3. The quantitative estimate of drug-likeness (QED) is 0.232. The van der Waals surface area contributed by atoms with Gasteiger partial charge in [-0.3, -0.25) is 9.36 Å². The maximum Gasteiger partial charge on any atom is 0.306 e. The molecule has 2 aliphatic rings. The number of pyridine rings is 2. The van der Waals surface area contributed by atoms with Gasteiger partial charge in [-0.1, -0.05) is 42.5 Å². The van der Waals surface area contributed by atoms with Gasteiger partial charge in [-0.25, -0.2) is 15.0 Å². The van der Waals surface area contributed by atoms with Gasteiger partial charge in [-0.05, 0) is 92.4 Å². The summed E-state index contributed by atoms with van der Waals surface area (Å²) in [6.45, 7) is 3.22. The summed E-state index contributed by atoms with van der Waals surface area (Å²) in [5.41, 5.74) is 12.9. The van der Waals surface area contributed by atoms with Crippen molar-refractivity contribution in [3.63, 3.8) is 0 Å². The number of rotatable bonds is 7. The predicted molar refractivity (Wildman–Crippen MR) is 169 cm³/mol. The molecule has 1 atom stereocenters. The van der Waals surface area contributed by atoms with Crippen molar-refractivity contribution in [1.82, 2.24) is 24.4 Å². The molecule has 0 bridgehead atoms. The Hall–Kier alpha value is -4.56. The van der Waals surface area contributed by atoms with Crippen molar-refractivity contribution in [3.8, 4) is 28.3 Å². The fourth-order valence-electron chi connectivity index (χ4n) is 6.88. The zero-order valence-corrected chi connectivity index (χ0v) is 24.1. The summed E-state index contributed by atoms with van der Waals surface area (Å²) < 4.78 is 2.09. The van der Waals surface area contributed by atoms with Crippen LogP contribution in [-0.4, -0.2) is 55.1 Å². The first-order chi connectivity index (χ1) is 21.0. The molecule has 3 aromatic heterocycles. The van der Waals surface area contributed by atoms with Gasteiger partial charge in [0.2, 0.25) is 0 Å². The Morgan fingerprint density at radius 2 is 1.67 bits per heavy atom. The zero-order valence-electron chi connectivity index (χ0n) is 24.1. The highest BCUT2D eigenvalue weighted by Crippen LogP contribution is 2.35. The summed E-state index contributed by atoms with van der Waals surface area (Å²) in [6.07, 6.45) is 6.51. The molecule has 8 nitrogen and oxygen atoms in total. The predicted octanol–water partition coefficient (Wildman–Crippen LogP) is 6.41. The van der Waals surface area contributed by atoms with Crippen LogP contribution < -0.4 is 5.73 Å². The number of nitrogen functional groups attached to an aromatic ring is 1. The standard InChI is InChI=1S/C35H36N6O2/c36-32-29(7-4-19-37-32)33-39-31-17-16-30(25-5-2-1-3-6-25)38-34(31)41(33)28-14-12-24(13-15-28)27-18-20-40(22-27)21-23-8-10-26(11-9-23)35(42)43/h1-7,12-17,19,23,26-27H,8-11,18,20-22H2,(H2,36,37)(H,42,43). The number of imidazole rings is 1. The Bertz CT molecular complexity index is 1740. The first-order valence-corrected chi connectivity index (χ1v) is 15.2. The summed E-state index contributed by atoms with van der Waals surface area (Å²) in [5, 5.41) is 9.32. The Labute approximate surface area is 251 Å². The first-order valence-electron chi connectivity index (χ1n) is 15.2. The third kappa shape index (κ3) is 5.50. The molecule has 218 valence electrons. The molecule has 4 heterocycles. The number of hydrogen-bond donors (Lipinski definition) is 2. The Morgan fingerprint density at radius 1 is 0.884 bits per heavy atom. The lowest BCUT2D eigenvalue weighted by atomic mass is 9.82. The molecule has 8 heteroatoms. The Kier molecular flexibility index (Phi) is 7.37. The monoisotopic (exact) mass is 572 g/mol. The lowest BCUT2D eigenvalue weighted by Crippen LogP contribution is -2.31. The highest BCUT2D eigenvalue weighted by Gasteiger charge is 2.30. The second kappa shape index (κ2) is 11.6. The average Bonchev–Trinajstić information content (AvgIpc) is 3.66. The number of benzene rings is 2. The van der Waals surface area contributed by atoms with Crippen molar-refractivity contribution in [3.05, 3.63) is 90.6 Å². The van der Waals surface area contributed by atoms with E-state index in [2.05, 4.69) is 50.8 Å². The van der Waals surface area contributed by atoms with E-state index in [0.29, 0.717) is 17.7 Å². The van der Waals surface area contributed by atoms with Gasteiger partial charge in [0.25, 0.3) is 0 Å². The fourth-order valence-corrected chi connectivity index (χ4v) is 6.88. The van der Waals surface area contributed by atoms with Crippen LogP contribution in [0.1, 0.15) is 43.6 Å². The minimum absolute atomic E-state index is 0.149. The normalized spacial score (nSPS) is 20.9. The number of anilines is 1. The molecule has 0 radical (unpaired) electrons. The highest BCUT2D eigenvalue weighted by atomic mass is 16.4. The third-order valence-electron chi connectivity index (χ3n) is 9.26. The highest BCUT2D eigenvalue weighted by molar-refractivity contribution is 5.84. The number of aromatic nitrogens is 4. The van der Waals surface area contributed by atoms with Crippen molar-refractivity contribution in [2.75, 3.05) is 25.4 Å². The van der Waals surface area contributed by atoms with Crippen LogP contribution in [0.5, 0.6) is 0 Å². The molecule has 2 fully saturated rings. The van der Waals surface area contributed by atoms with E-state index in [0.717, 1.165) is 91.2 Å². The summed E-state index contributed by atoms with van der Waals surface area (Å²) in [4.78, 5) is 28.3. The minimum atomic E-state index is -0.629. The van der Waals surface area contributed by atoms with Crippen molar-refractivity contribution in [2.45, 2.75) is 38.0 Å². The van der Waals surface area contributed by atoms with Gasteiger partial charge < -0.3 is 15.7 Å². The van der Waals surface area contributed by atoms with E-state index in [9.17, 15) is 9.90 Å². The summed E-state index contributed by atoms with van der Waals surface area (Å²) in [5.74, 6) is 1.47. The molecule has 2 aromatic carbocycles. The molecule has 3 N–H and O–H groups in total. The molecule has 1 unspecified atom stereocenters. The number of aliphatic carboxylic acids is 1. The van der Waals surface area contributed by atoms with Gasteiger partial charge in [0.1, 0.15) is 11.3 Å². The SMILES string of the molecule is Nc1ncccc1-c1nc2ccc(-c3ccccc3)nc2n1-c1ccc(C2CCN(CC3CCC(C(=O)O)CC3)C2)cc1. The summed E-state index contributed by atoms with van der Waals surface area (Å²) in [6, 6.07) is 26.9. The number of nitrogens with zero attached hydrogens (tertiary/aromatic N) is 5. The Morgan fingerprint density at radius 3 is 2.42 bits per heavy atom. The lowest BCUT2D eigenvalue weighted by molar-refractivity contribution is -0.143. The smallest absolute Gasteiger partial charge is 0.306 e.